The molecule has 8 heteroatoms. The molecule has 0 saturated carbocycles. The van der Waals surface area contributed by atoms with Crippen LogP contribution in [0.4, 0.5) is 0 Å². The van der Waals surface area contributed by atoms with Crippen molar-refractivity contribution in [3.8, 4) is 0 Å². The van der Waals surface area contributed by atoms with Gasteiger partial charge in [-0.2, -0.15) is 0 Å². The van der Waals surface area contributed by atoms with Gasteiger partial charge in [0.15, 0.2) is 0 Å². The first kappa shape index (κ1) is 19.7. The highest BCUT2D eigenvalue weighted by molar-refractivity contribution is 7.88. The van der Waals surface area contributed by atoms with Crippen LogP contribution in [0.5, 0.6) is 0 Å². The van der Waals surface area contributed by atoms with E-state index in [1.54, 1.807) is 6.07 Å². The molecule has 1 aromatic rings. The zero-order chi connectivity index (χ0) is 20.2. The Kier molecular flexibility index (Phi) is 5.09. The van der Waals surface area contributed by atoms with Gasteiger partial charge in [0.25, 0.3) is 5.56 Å². The zero-order valence-electron chi connectivity index (χ0n) is 17.2. The highest BCUT2D eigenvalue weighted by atomic mass is 32.2. The number of hydrogen-bond donors (Lipinski definition) is 1. The number of fused-ring (bicyclic) bond motifs is 7. The van der Waals surface area contributed by atoms with E-state index in [0.29, 0.717) is 36.3 Å². The smallest absolute Gasteiger partial charge is 0.250 e. The van der Waals surface area contributed by atoms with Gasteiger partial charge in [0.05, 0.1) is 6.26 Å². The molecule has 4 bridgehead atoms. The molecule has 0 amide bonds. The standard InChI is InChI=1S/C21H32N4O3S/c1-29(27,28)22-9-19-8-16-5-6-24(19)14-18(16)13-23-10-15-7-17(12-23)20-3-2-4-21(26)25(20)11-15/h2-4,15-19,22H,5-14H2,1H3/t15-,16-,17-,18+,19+/m1/s1. The molecule has 7 nitrogen and oxygen atoms in total. The summed E-state index contributed by atoms with van der Waals surface area (Å²) in [5.41, 5.74) is 1.37. The summed E-state index contributed by atoms with van der Waals surface area (Å²) in [6.45, 7) is 6.88. The molecular weight excluding hydrogens is 388 g/mol. The largest absolute Gasteiger partial charge is 0.312 e. The van der Waals surface area contributed by atoms with Crippen LogP contribution < -0.4 is 10.3 Å². The van der Waals surface area contributed by atoms with Crippen LogP contribution in [0.15, 0.2) is 23.0 Å². The second kappa shape index (κ2) is 7.48. The molecule has 0 radical (unpaired) electrons. The topological polar surface area (TPSA) is 74.7 Å². The van der Waals surface area contributed by atoms with Crippen molar-refractivity contribution >= 4 is 10.0 Å². The maximum Gasteiger partial charge on any atom is 0.250 e. The van der Waals surface area contributed by atoms with Crippen LogP contribution in [0.1, 0.15) is 30.9 Å². The number of nitrogens with zero attached hydrogens (tertiary/aromatic N) is 3. The van der Waals surface area contributed by atoms with E-state index in [1.807, 2.05) is 10.6 Å². The molecule has 29 heavy (non-hydrogen) atoms. The van der Waals surface area contributed by atoms with Crippen molar-refractivity contribution in [3.05, 3.63) is 34.2 Å². The SMILES string of the molecule is CS(=O)(=O)NC[C@@H]1C[C@H]2CCN1C[C@@H]2CN1C[C@H]2C[C@H](C1)c1cccc(=O)n1C2. The van der Waals surface area contributed by atoms with Gasteiger partial charge in [-0.3, -0.25) is 9.69 Å². The lowest BCUT2D eigenvalue weighted by atomic mass is 9.74. The summed E-state index contributed by atoms with van der Waals surface area (Å²) >= 11 is 0. The quantitative estimate of drug-likeness (QED) is 0.752. The number of sulfonamides is 1. The minimum absolute atomic E-state index is 0.150. The highest BCUT2D eigenvalue weighted by Crippen LogP contribution is 2.39. The molecule has 160 valence electrons. The van der Waals surface area contributed by atoms with E-state index in [1.165, 1.54) is 24.8 Å². The van der Waals surface area contributed by atoms with Gasteiger partial charge in [0.2, 0.25) is 10.0 Å². The van der Waals surface area contributed by atoms with Crippen LogP contribution in [0, 0.1) is 17.8 Å². The maximum absolute atomic E-state index is 12.2. The molecule has 5 aliphatic rings. The number of aromatic nitrogens is 1. The Hall–Kier alpha value is -1.22. The molecule has 4 fully saturated rings. The molecule has 0 spiro atoms. The van der Waals surface area contributed by atoms with E-state index in [0.717, 1.165) is 45.7 Å². The Balaban J connectivity index is 1.22. The Labute approximate surface area is 173 Å². The normalized spacial score (nSPS) is 36.7. The third-order valence-electron chi connectivity index (χ3n) is 7.64. The number of pyridine rings is 1. The molecule has 6 atom stereocenters. The van der Waals surface area contributed by atoms with Gasteiger partial charge >= 0.3 is 0 Å². The molecule has 0 aromatic carbocycles. The molecule has 0 aliphatic carbocycles. The summed E-state index contributed by atoms with van der Waals surface area (Å²) in [5, 5.41) is 0. The van der Waals surface area contributed by atoms with E-state index < -0.39 is 10.0 Å². The van der Waals surface area contributed by atoms with Crippen molar-refractivity contribution in [1.82, 2.24) is 19.1 Å². The second-order valence-corrected chi connectivity index (χ2v) is 11.6. The summed E-state index contributed by atoms with van der Waals surface area (Å²) in [5.74, 6) is 2.43. The van der Waals surface area contributed by atoms with Gasteiger partial charge in [-0.05, 0) is 49.6 Å². The summed E-state index contributed by atoms with van der Waals surface area (Å²) in [7, 11) is -3.12. The summed E-state index contributed by atoms with van der Waals surface area (Å²) in [4.78, 5) is 17.4. The van der Waals surface area contributed by atoms with Crippen LogP contribution in [0.25, 0.3) is 0 Å². The van der Waals surface area contributed by atoms with Crippen LogP contribution in [-0.2, 0) is 16.6 Å². The third kappa shape index (κ3) is 4.04. The van der Waals surface area contributed by atoms with Crippen molar-refractivity contribution < 1.29 is 8.42 Å². The number of hydrogen-bond acceptors (Lipinski definition) is 5. The first-order chi connectivity index (χ1) is 13.9. The van der Waals surface area contributed by atoms with E-state index >= 15 is 0 Å². The van der Waals surface area contributed by atoms with Crippen LogP contribution in [0.3, 0.4) is 0 Å². The van der Waals surface area contributed by atoms with Gasteiger partial charge in [-0.1, -0.05) is 6.07 Å². The van der Waals surface area contributed by atoms with Gasteiger partial charge in [0.1, 0.15) is 0 Å². The monoisotopic (exact) mass is 420 g/mol. The van der Waals surface area contributed by atoms with E-state index in [2.05, 4.69) is 20.6 Å². The molecule has 1 N–H and O–H groups in total. The molecule has 6 rings (SSSR count). The van der Waals surface area contributed by atoms with Crippen LogP contribution in [0.2, 0.25) is 0 Å². The Morgan fingerprint density at radius 3 is 2.76 bits per heavy atom. The fourth-order valence-electron chi connectivity index (χ4n) is 6.39. The van der Waals surface area contributed by atoms with Crippen molar-refractivity contribution in [3.63, 3.8) is 0 Å². The van der Waals surface area contributed by atoms with Crippen LogP contribution in [-0.4, -0.2) is 74.4 Å². The predicted molar refractivity (Wildman–Crippen MR) is 112 cm³/mol. The first-order valence-corrected chi connectivity index (χ1v) is 12.9. The Bertz CT molecular complexity index is 930. The number of rotatable bonds is 5. The second-order valence-electron chi connectivity index (χ2n) is 9.73. The molecule has 1 unspecified atom stereocenters. The lowest BCUT2D eigenvalue weighted by molar-refractivity contribution is -0.0187. The summed E-state index contributed by atoms with van der Waals surface area (Å²) < 4.78 is 27.6. The summed E-state index contributed by atoms with van der Waals surface area (Å²) in [6, 6.07) is 6.08. The van der Waals surface area contributed by atoms with Crippen molar-refractivity contribution in [1.29, 1.82) is 0 Å². The Morgan fingerprint density at radius 2 is 2.00 bits per heavy atom. The maximum atomic E-state index is 12.2. The fourth-order valence-corrected chi connectivity index (χ4v) is 6.89. The van der Waals surface area contributed by atoms with Gasteiger partial charge in [-0.25, -0.2) is 13.1 Å². The van der Waals surface area contributed by atoms with Gasteiger partial charge in [0, 0.05) is 63.0 Å². The molecule has 6 heterocycles. The number of nitrogens with one attached hydrogen (secondary N) is 1. The van der Waals surface area contributed by atoms with Crippen molar-refractivity contribution in [2.75, 3.05) is 45.5 Å². The Morgan fingerprint density at radius 1 is 1.14 bits per heavy atom. The molecule has 1 aromatic heterocycles. The zero-order valence-corrected chi connectivity index (χ0v) is 18.0. The number of likely N-dealkylation sites (tertiary alicyclic amines) is 1. The average Bonchev–Trinajstić information content (AvgIpc) is 2.67. The lowest BCUT2D eigenvalue weighted by Crippen LogP contribution is -2.59. The first-order valence-electron chi connectivity index (χ1n) is 11.0. The van der Waals surface area contributed by atoms with Crippen LogP contribution >= 0.6 is 0 Å². The third-order valence-corrected chi connectivity index (χ3v) is 8.33. The fraction of sp³-hybridized carbons (Fsp3) is 0.762. The summed E-state index contributed by atoms with van der Waals surface area (Å²) in [6.07, 6.45) is 4.79. The number of piperidine rings is 4. The predicted octanol–water partition coefficient (Wildman–Crippen LogP) is 0.527. The molecule has 4 saturated heterocycles. The lowest BCUT2D eigenvalue weighted by Gasteiger charge is -2.52. The minimum Gasteiger partial charge on any atom is -0.312 e. The van der Waals surface area contributed by atoms with Crippen molar-refractivity contribution in [2.24, 2.45) is 17.8 Å². The average molecular weight is 421 g/mol. The van der Waals surface area contributed by atoms with E-state index in [4.69, 9.17) is 0 Å². The van der Waals surface area contributed by atoms with Gasteiger partial charge in [-0.15, -0.1) is 0 Å². The van der Waals surface area contributed by atoms with E-state index in [9.17, 15) is 13.2 Å². The van der Waals surface area contributed by atoms with Gasteiger partial charge < -0.3 is 9.47 Å². The van der Waals surface area contributed by atoms with E-state index in [-0.39, 0.29) is 5.56 Å². The van der Waals surface area contributed by atoms with Crippen molar-refractivity contribution in [2.45, 2.75) is 37.8 Å². The molecular formula is C21H32N4O3S. The minimum atomic E-state index is -3.12. The highest BCUT2D eigenvalue weighted by Gasteiger charge is 2.42. The molecule has 5 aliphatic heterocycles.